The molecule has 2 aromatic rings. The van der Waals surface area contributed by atoms with E-state index in [1.807, 2.05) is 0 Å². The number of primary amides is 1. The van der Waals surface area contributed by atoms with Crippen molar-refractivity contribution in [3.8, 4) is 5.75 Å². The Bertz CT molecular complexity index is 611. The summed E-state index contributed by atoms with van der Waals surface area (Å²) >= 11 is 0. The Balaban J connectivity index is 2.12. The molecular weight excluding hydrogens is 245 g/mol. The normalized spacial score (nSPS) is 10.2. The van der Waals surface area contributed by atoms with Gasteiger partial charge in [0.05, 0.1) is 0 Å². The summed E-state index contributed by atoms with van der Waals surface area (Å²) in [5.74, 6) is -0.307. The van der Waals surface area contributed by atoms with E-state index in [-0.39, 0.29) is 12.4 Å². The van der Waals surface area contributed by atoms with Gasteiger partial charge in [-0.15, -0.1) is 0 Å². The summed E-state index contributed by atoms with van der Waals surface area (Å²) in [5, 5.41) is 0. The lowest BCUT2D eigenvalue weighted by atomic mass is 10.1. The molecule has 0 spiro atoms. The summed E-state index contributed by atoms with van der Waals surface area (Å²) in [7, 11) is 0. The standard InChI is InChI=1S/C15H14FNO2/c1-10-4-2-6-12(14(10)16)9-19-13-7-3-5-11(8-13)15(17)18/h2-8H,9H2,1H3,(H2,17,18). The predicted octanol–water partition coefficient (Wildman–Crippen LogP) is 2.81. The van der Waals surface area contributed by atoms with Crippen LogP contribution in [0.3, 0.4) is 0 Å². The molecule has 2 rings (SSSR count). The van der Waals surface area contributed by atoms with Gasteiger partial charge in [0, 0.05) is 11.1 Å². The highest BCUT2D eigenvalue weighted by atomic mass is 19.1. The summed E-state index contributed by atoms with van der Waals surface area (Å²) in [4.78, 5) is 11.0. The van der Waals surface area contributed by atoms with Crippen LogP contribution in [0, 0.1) is 12.7 Å². The number of rotatable bonds is 4. The second kappa shape index (κ2) is 5.52. The number of hydrogen-bond acceptors (Lipinski definition) is 2. The van der Waals surface area contributed by atoms with Crippen molar-refractivity contribution in [2.24, 2.45) is 5.73 Å². The molecule has 1 amide bonds. The Labute approximate surface area is 110 Å². The molecule has 0 heterocycles. The maximum absolute atomic E-state index is 13.8. The fourth-order valence-corrected chi connectivity index (χ4v) is 1.72. The fraction of sp³-hybridized carbons (Fsp3) is 0.133. The number of carbonyl (C=O) groups is 1. The van der Waals surface area contributed by atoms with Crippen molar-refractivity contribution < 1.29 is 13.9 Å². The van der Waals surface area contributed by atoms with Crippen LogP contribution in [-0.2, 0) is 6.61 Å². The van der Waals surface area contributed by atoms with Gasteiger partial charge in [-0.3, -0.25) is 4.79 Å². The molecule has 0 unspecified atom stereocenters. The van der Waals surface area contributed by atoms with Crippen molar-refractivity contribution in [1.29, 1.82) is 0 Å². The van der Waals surface area contributed by atoms with Crippen LogP contribution in [0.4, 0.5) is 4.39 Å². The Hall–Kier alpha value is -2.36. The first-order chi connectivity index (χ1) is 9.08. The van der Waals surface area contributed by atoms with Crippen LogP contribution in [0.15, 0.2) is 42.5 Å². The topological polar surface area (TPSA) is 52.3 Å². The van der Waals surface area contributed by atoms with Crippen molar-refractivity contribution in [3.63, 3.8) is 0 Å². The van der Waals surface area contributed by atoms with E-state index in [9.17, 15) is 9.18 Å². The van der Waals surface area contributed by atoms with E-state index in [0.717, 1.165) is 0 Å². The van der Waals surface area contributed by atoms with Gasteiger partial charge in [0.2, 0.25) is 5.91 Å². The first-order valence-electron chi connectivity index (χ1n) is 5.84. The third kappa shape index (κ3) is 3.10. The lowest BCUT2D eigenvalue weighted by molar-refractivity contribution is 0.1000. The molecule has 0 aliphatic carbocycles. The minimum Gasteiger partial charge on any atom is -0.489 e. The van der Waals surface area contributed by atoms with E-state index in [4.69, 9.17) is 10.5 Å². The molecule has 0 fully saturated rings. The summed E-state index contributed by atoms with van der Waals surface area (Å²) in [6.07, 6.45) is 0. The number of hydrogen-bond donors (Lipinski definition) is 1. The number of nitrogens with two attached hydrogens (primary N) is 1. The first-order valence-corrected chi connectivity index (χ1v) is 5.84. The quantitative estimate of drug-likeness (QED) is 0.917. The monoisotopic (exact) mass is 259 g/mol. The van der Waals surface area contributed by atoms with Crippen molar-refractivity contribution in [2.75, 3.05) is 0 Å². The number of aryl methyl sites for hydroxylation is 1. The second-order valence-corrected chi connectivity index (χ2v) is 4.23. The average Bonchev–Trinajstić information content (AvgIpc) is 2.41. The number of halogens is 1. The fourth-order valence-electron chi connectivity index (χ4n) is 1.72. The lowest BCUT2D eigenvalue weighted by Gasteiger charge is -2.09. The number of amides is 1. The lowest BCUT2D eigenvalue weighted by Crippen LogP contribution is -2.10. The molecule has 0 radical (unpaired) electrons. The summed E-state index contributed by atoms with van der Waals surface area (Å²) in [6, 6.07) is 11.6. The minimum absolute atomic E-state index is 0.107. The highest BCUT2D eigenvalue weighted by Gasteiger charge is 2.06. The Morgan fingerprint density at radius 2 is 2.00 bits per heavy atom. The second-order valence-electron chi connectivity index (χ2n) is 4.23. The van der Waals surface area contributed by atoms with Gasteiger partial charge in [-0.05, 0) is 30.7 Å². The van der Waals surface area contributed by atoms with Crippen LogP contribution in [0.1, 0.15) is 21.5 Å². The number of ether oxygens (including phenoxy) is 1. The molecule has 0 aliphatic rings. The van der Waals surface area contributed by atoms with Crippen LogP contribution in [-0.4, -0.2) is 5.91 Å². The highest BCUT2D eigenvalue weighted by Crippen LogP contribution is 2.17. The molecule has 3 nitrogen and oxygen atoms in total. The molecule has 0 aliphatic heterocycles. The van der Waals surface area contributed by atoms with Crippen molar-refractivity contribution in [2.45, 2.75) is 13.5 Å². The minimum atomic E-state index is -0.521. The van der Waals surface area contributed by atoms with E-state index >= 15 is 0 Å². The van der Waals surface area contributed by atoms with Crippen molar-refractivity contribution in [1.82, 2.24) is 0 Å². The third-order valence-electron chi connectivity index (χ3n) is 2.78. The van der Waals surface area contributed by atoms with E-state index in [0.29, 0.717) is 22.4 Å². The van der Waals surface area contributed by atoms with E-state index < -0.39 is 5.91 Å². The molecular formula is C15H14FNO2. The van der Waals surface area contributed by atoms with E-state index in [2.05, 4.69) is 0 Å². The first kappa shape index (κ1) is 13.1. The van der Waals surface area contributed by atoms with Gasteiger partial charge in [-0.1, -0.05) is 24.3 Å². The molecule has 0 saturated carbocycles. The molecule has 4 heteroatoms. The Kier molecular flexibility index (Phi) is 3.80. The molecule has 0 bridgehead atoms. The SMILES string of the molecule is Cc1cccc(COc2cccc(C(N)=O)c2)c1F. The van der Waals surface area contributed by atoms with Crippen LogP contribution in [0.5, 0.6) is 5.75 Å². The van der Waals surface area contributed by atoms with Crippen LogP contribution in [0.25, 0.3) is 0 Å². The van der Waals surface area contributed by atoms with Crippen molar-refractivity contribution >= 4 is 5.91 Å². The van der Waals surface area contributed by atoms with Gasteiger partial charge in [0.15, 0.2) is 0 Å². The van der Waals surface area contributed by atoms with Gasteiger partial charge in [-0.25, -0.2) is 4.39 Å². The summed E-state index contributed by atoms with van der Waals surface area (Å²) in [5.41, 5.74) is 6.59. The molecule has 2 aromatic carbocycles. The Morgan fingerprint density at radius 3 is 2.74 bits per heavy atom. The third-order valence-corrected chi connectivity index (χ3v) is 2.78. The van der Waals surface area contributed by atoms with Crippen LogP contribution < -0.4 is 10.5 Å². The highest BCUT2D eigenvalue weighted by molar-refractivity contribution is 5.93. The number of benzene rings is 2. The largest absolute Gasteiger partial charge is 0.489 e. The maximum Gasteiger partial charge on any atom is 0.248 e. The van der Waals surface area contributed by atoms with Gasteiger partial charge >= 0.3 is 0 Å². The Morgan fingerprint density at radius 1 is 1.26 bits per heavy atom. The average molecular weight is 259 g/mol. The van der Waals surface area contributed by atoms with E-state index in [1.165, 1.54) is 6.07 Å². The van der Waals surface area contributed by atoms with Gasteiger partial charge in [0.25, 0.3) is 0 Å². The number of carbonyl (C=O) groups excluding carboxylic acids is 1. The molecule has 0 aromatic heterocycles. The summed E-state index contributed by atoms with van der Waals surface area (Å²) < 4.78 is 19.2. The molecule has 98 valence electrons. The molecule has 19 heavy (non-hydrogen) atoms. The molecule has 2 N–H and O–H groups in total. The predicted molar refractivity (Wildman–Crippen MR) is 70.4 cm³/mol. The van der Waals surface area contributed by atoms with Gasteiger partial charge < -0.3 is 10.5 Å². The van der Waals surface area contributed by atoms with Crippen LogP contribution in [0.2, 0.25) is 0 Å². The van der Waals surface area contributed by atoms with Gasteiger partial charge in [0.1, 0.15) is 18.2 Å². The zero-order valence-electron chi connectivity index (χ0n) is 10.5. The zero-order chi connectivity index (χ0) is 13.8. The zero-order valence-corrected chi connectivity index (χ0v) is 10.5. The van der Waals surface area contributed by atoms with Crippen LogP contribution >= 0.6 is 0 Å². The van der Waals surface area contributed by atoms with E-state index in [1.54, 1.807) is 43.3 Å². The molecule has 0 saturated heterocycles. The molecule has 0 atom stereocenters. The van der Waals surface area contributed by atoms with Gasteiger partial charge in [-0.2, -0.15) is 0 Å². The maximum atomic E-state index is 13.8. The van der Waals surface area contributed by atoms with Crippen molar-refractivity contribution in [3.05, 3.63) is 65.0 Å². The smallest absolute Gasteiger partial charge is 0.248 e. The summed E-state index contributed by atoms with van der Waals surface area (Å²) in [6.45, 7) is 1.81.